The van der Waals surface area contributed by atoms with Crippen molar-refractivity contribution < 1.29 is 28.8 Å². The molecular weight excluding hydrogens is 372 g/mol. The van der Waals surface area contributed by atoms with Gasteiger partial charge in [0.15, 0.2) is 5.79 Å². The van der Waals surface area contributed by atoms with Crippen LogP contribution in [0.2, 0.25) is 0 Å². The van der Waals surface area contributed by atoms with Crippen molar-refractivity contribution in [1.82, 2.24) is 0 Å². The van der Waals surface area contributed by atoms with Crippen molar-refractivity contribution >= 4 is 5.97 Å². The molecule has 0 aliphatic carbocycles. The van der Waals surface area contributed by atoms with Crippen LogP contribution in [0.4, 0.5) is 0 Å². The van der Waals surface area contributed by atoms with Crippen LogP contribution >= 0.6 is 0 Å². The van der Waals surface area contributed by atoms with E-state index >= 15 is 0 Å². The lowest BCUT2D eigenvalue weighted by Gasteiger charge is -2.26. The topological polar surface area (TPSA) is 74.2 Å². The van der Waals surface area contributed by atoms with Crippen molar-refractivity contribution in [2.45, 2.75) is 77.2 Å². The number of carbonyl (C=O) groups is 1. The number of benzene rings is 1. The van der Waals surface area contributed by atoms with E-state index in [2.05, 4.69) is 6.92 Å². The average molecular weight is 405 g/mol. The number of aliphatic hydroxyl groups is 1. The zero-order valence-electron chi connectivity index (χ0n) is 17.6. The Bertz CT molecular complexity index is 711. The van der Waals surface area contributed by atoms with Gasteiger partial charge in [-0.05, 0) is 25.8 Å². The fourth-order valence-corrected chi connectivity index (χ4v) is 3.80. The van der Waals surface area contributed by atoms with Crippen LogP contribution in [-0.4, -0.2) is 48.4 Å². The Balaban J connectivity index is 1.83. The lowest BCUT2D eigenvalue weighted by molar-refractivity contribution is -0.154. The molecule has 0 amide bonds. The van der Waals surface area contributed by atoms with Gasteiger partial charge in [0.2, 0.25) is 0 Å². The van der Waals surface area contributed by atoms with Gasteiger partial charge in [-0.25, -0.2) is 4.79 Å². The number of unbranched alkanes of at least 4 members (excludes halogenated alkanes) is 2. The standard InChI is InChI=1S/C23H32O6/c1-4-5-7-12-18(24)20-17(14-27-22(20)25)21(19-15-28-23(2,3)29-19)26-13-16-10-8-6-9-11-16/h6,8-11,18-19,21,24H,4-5,7,12-15H2,1-3H3/t18?,19-,21-/m1/s1. The Labute approximate surface area is 172 Å². The molecule has 3 rings (SSSR count). The molecule has 1 saturated heterocycles. The third kappa shape index (κ3) is 5.66. The third-order valence-electron chi connectivity index (χ3n) is 5.32. The van der Waals surface area contributed by atoms with Crippen LogP contribution in [0.5, 0.6) is 0 Å². The van der Waals surface area contributed by atoms with E-state index < -0.39 is 24.0 Å². The number of ether oxygens (including phenoxy) is 4. The van der Waals surface area contributed by atoms with Crippen molar-refractivity contribution in [2.75, 3.05) is 13.2 Å². The maximum absolute atomic E-state index is 12.4. The number of rotatable bonds is 10. The molecule has 2 aliphatic rings. The van der Waals surface area contributed by atoms with Crippen molar-refractivity contribution in [3.05, 3.63) is 47.0 Å². The first kappa shape index (κ1) is 22.0. The minimum atomic E-state index is -0.857. The van der Waals surface area contributed by atoms with Crippen LogP contribution in [0, 0.1) is 0 Å². The molecule has 160 valence electrons. The lowest BCUT2D eigenvalue weighted by atomic mass is 9.94. The Morgan fingerprint density at radius 3 is 2.66 bits per heavy atom. The Hall–Kier alpha value is -1.73. The largest absolute Gasteiger partial charge is 0.458 e. The molecule has 3 atom stereocenters. The number of cyclic esters (lactones) is 1. The van der Waals surface area contributed by atoms with Gasteiger partial charge in [-0.15, -0.1) is 0 Å². The van der Waals surface area contributed by atoms with Gasteiger partial charge in [-0.2, -0.15) is 0 Å². The number of hydrogen-bond acceptors (Lipinski definition) is 6. The van der Waals surface area contributed by atoms with Crippen molar-refractivity contribution in [3.8, 4) is 0 Å². The summed E-state index contributed by atoms with van der Waals surface area (Å²) >= 11 is 0. The number of aliphatic hydroxyl groups excluding tert-OH is 1. The summed E-state index contributed by atoms with van der Waals surface area (Å²) in [4.78, 5) is 12.4. The van der Waals surface area contributed by atoms with Gasteiger partial charge >= 0.3 is 5.97 Å². The third-order valence-corrected chi connectivity index (χ3v) is 5.32. The first-order chi connectivity index (χ1) is 13.9. The molecule has 0 saturated carbocycles. The summed E-state index contributed by atoms with van der Waals surface area (Å²) in [5.74, 6) is -1.18. The Morgan fingerprint density at radius 2 is 2.00 bits per heavy atom. The van der Waals surface area contributed by atoms with E-state index in [1.807, 2.05) is 44.2 Å². The maximum atomic E-state index is 12.4. The SMILES string of the molecule is CCCCCC(O)C1=C([C@@H](OCc2ccccc2)[C@H]2COC(C)(C)O2)COC1=O. The fourth-order valence-electron chi connectivity index (χ4n) is 3.80. The second-order valence-corrected chi connectivity index (χ2v) is 8.11. The van der Waals surface area contributed by atoms with E-state index in [4.69, 9.17) is 18.9 Å². The maximum Gasteiger partial charge on any atom is 0.337 e. The van der Waals surface area contributed by atoms with Gasteiger partial charge in [0.05, 0.1) is 24.9 Å². The molecule has 2 heterocycles. The summed E-state index contributed by atoms with van der Waals surface area (Å²) in [5.41, 5.74) is 2.01. The van der Waals surface area contributed by atoms with Crippen LogP contribution in [0.15, 0.2) is 41.5 Å². The molecule has 6 nitrogen and oxygen atoms in total. The average Bonchev–Trinajstić information content (AvgIpc) is 3.25. The molecule has 0 aromatic heterocycles. The number of esters is 1. The zero-order chi connectivity index (χ0) is 20.9. The monoisotopic (exact) mass is 404 g/mol. The summed E-state index contributed by atoms with van der Waals surface area (Å²) < 4.78 is 23.3. The van der Waals surface area contributed by atoms with E-state index in [-0.39, 0.29) is 12.7 Å². The van der Waals surface area contributed by atoms with Gasteiger partial charge in [0, 0.05) is 5.57 Å². The van der Waals surface area contributed by atoms with Crippen LogP contribution in [0.1, 0.15) is 52.0 Å². The normalized spacial score (nSPS) is 23.3. The van der Waals surface area contributed by atoms with Crippen LogP contribution in [-0.2, 0) is 30.3 Å². The highest BCUT2D eigenvalue weighted by atomic mass is 16.7. The summed E-state index contributed by atoms with van der Waals surface area (Å²) in [6.07, 6.45) is 1.68. The van der Waals surface area contributed by atoms with E-state index in [1.165, 1.54) is 0 Å². The van der Waals surface area contributed by atoms with E-state index in [1.54, 1.807) is 0 Å². The first-order valence-corrected chi connectivity index (χ1v) is 10.5. The molecular formula is C23H32O6. The quantitative estimate of drug-likeness (QED) is 0.475. The molecule has 6 heteroatoms. The van der Waals surface area contributed by atoms with Crippen molar-refractivity contribution in [2.24, 2.45) is 0 Å². The van der Waals surface area contributed by atoms with Crippen molar-refractivity contribution in [3.63, 3.8) is 0 Å². The Morgan fingerprint density at radius 1 is 1.24 bits per heavy atom. The highest BCUT2D eigenvalue weighted by molar-refractivity contribution is 5.93. The second-order valence-electron chi connectivity index (χ2n) is 8.11. The molecule has 1 aromatic rings. The van der Waals surface area contributed by atoms with Gasteiger partial charge < -0.3 is 24.1 Å². The molecule has 1 unspecified atom stereocenters. The second kappa shape index (κ2) is 9.85. The van der Waals surface area contributed by atoms with Crippen molar-refractivity contribution in [1.29, 1.82) is 0 Å². The summed E-state index contributed by atoms with van der Waals surface area (Å²) in [6.45, 7) is 6.64. The van der Waals surface area contributed by atoms with Crippen LogP contribution in [0.25, 0.3) is 0 Å². The Kier molecular flexibility index (Phi) is 7.46. The van der Waals surface area contributed by atoms with Gasteiger partial charge in [0.25, 0.3) is 0 Å². The molecule has 1 fully saturated rings. The predicted octanol–water partition coefficient (Wildman–Crippen LogP) is 3.52. The van der Waals surface area contributed by atoms with Gasteiger partial charge in [-0.3, -0.25) is 0 Å². The van der Waals surface area contributed by atoms with Gasteiger partial charge in [0.1, 0.15) is 18.8 Å². The van der Waals surface area contributed by atoms with Crippen LogP contribution < -0.4 is 0 Å². The van der Waals surface area contributed by atoms with E-state index in [9.17, 15) is 9.90 Å². The highest BCUT2D eigenvalue weighted by Gasteiger charge is 2.43. The molecule has 29 heavy (non-hydrogen) atoms. The van der Waals surface area contributed by atoms with E-state index in [0.29, 0.717) is 30.8 Å². The highest BCUT2D eigenvalue weighted by Crippen LogP contribution is 2.33. The molecule has 0 radical (unpaired) electrons. The first-order valence-electron chi connectivity index (χ1n) is 10.5. The van der Waals surface area contributed by atoms with E-state index in [0.717, 1.165) is 24.8 Å². The molecule has 2 aliphatic heterocycles. The zero-order valence-corrected chi connectivity index (χ0v) is 17.6. The lowest BCUT2D eigenvalue weighted by Crippen LogP contribution is -2.36. The number of hydrogen-bond donors (Lipinski definition) is 1. The minimum Gasteiger partial charge on any atom is -0.458 e. The van der Waals surface area contributed by atoms with Gasteiger partial charge in [-0.1, -0.05) is 56.5 Å². The smallest absolute Gasteiger partial charge is 0.337 e. The summed E-state index contributed by atoms with van der Waals surface area (Å²) in [6, 6.07) is 9.83. The molecule has 1 N–H and O–H groups in total. The molecule has 1 aromatic carbocycles. The fraction of sp³-hybridized carbons (Fsp3) is 0.609. The summed E-state index contributed by atoms with van der Waals surface area (Å²) in [5, 5.41) is 10.7. The number of carbonyl (C=O) groups excluding carboxylic acids is 1. The molecule has 0 bridgehead atoms. The van der Waals surface area contributed by atoms with Crippen LogP contribution in [0.3, 0.4) is 0 Å². The molecule has 0 spiro atoms. The predicted molar refractivity (Wildman–Crippen MR) is 108 cm³/mol. The summed E-state index contributed by atoms with van der Waals surface area (Å²) in [7, 11) is 0. The minimum absolute atomic E-state index is 0.110.